The molecule has 0 radical (unpaired) electrons. The summed E-state index contributed by atoms with van der Waals surface area (Å²) in [6.07, 6.45) is 0.558. The van der Waals surface area contributed by atoms with Crippen LogP contribution in [-0.4, -0.2) is 33.6 Å². The number of amides is 2. The average molecular weight is 386 g/mol. The van der Waals surface area contributed by atoms with Crippen LogP contribution in [0.3, 0.4) is 0 Å². The molecule has 2 N–H and O–H groups in total. The van der Waals surface area contributed by atoms with Crippen LogP contribution in [0.4, 0.5) is 16.3 Å². The first-order valence-electron chi connectivity index (χ1n) is 8.59. The van der Waals surface area contributed by atoms with Gasteiger partial charge in [0.25, 0.3) is 5.69 Å². The van der Waals surface area contributed by atoms with Crippen molar-refractivity contribution in [3.63, 3.8) is 0 Å². The van der Waals surface area contributed by atoms with Gasteiger partial charge in [-0.05, 0) is 32.4 Å². The van der Waals surface area contributed by atoms with E-state index in [9.17, 15) is 19.7 Å². The van der Waals surface area contributed by atoms with Gasteiger partial charge in [-0.2, -0.15) is 0 Å². The predicted molar refractivity (Wildman–Crippen MR) is 103 cm³/mol. The fourth-order valence-corrected chi connectivity index (χ4v) is 2.29. The lowest BCUT2D eigenvalue weighted by molar-refractivity contribution is -0.385. The number of hydrogen-bond acceptors (Lipinski definition) is 6. The minimum atomic E-state index is -0.922. The molecule has 0 saturated carbocycles. The van der Waals surface area contributed by atoms with Crippen LogP contribution < -0.4 is 10.6 Å². The molecule has 0 aliphatic carbocycles. The molecule has 0 bridgehead atoms. The largest absolute Gasteiger partial charge is 0.444 e. The SMILES string of the molecule is CC(C)(C)OC(=O)NC(Cc1ccccc1)C(=O)Nc1ccc([N+](=O)[O-])cn1. The van der Waals surface area contributed by atoms with Crippen molar-refractivity contribution in [2.75, 3.05) is 5.32 Å². The number of rotatable bonds is 6. The topological polar surface area (TPSA) is 123 Å². The Kier molecular flexibility index (Phi) is 6.64. The highest BCUT2D eigenvalue weighted by molar-refractivity contribution is 5.96. The Morgan fingerprint density at radius 1 is 1.18 bits per heavy atom. The van der Waals surface area contributed by atoms with Crippen LogP contribution >= 0.6 is 0 Å². The third-order valence-electron chi connectivity index (χ3n) is 3.50. The molecule has 0 fully saturated rings. The summed E-state index contributed by atoms with van der Waals surface area (Å²) in [6, 6.07) is 10.8. The van der Waals surface area contributed by atoms with Crippen molar-refractivity contribution >= 4 is 23.5 Å². The molecule has 1 atom stereocenters. The Morgan fingerprint density at radius 3 is 2.39 bits per heavy atom. The normalized spacial score (nSPS) is 12.0. The Balaban J connectivity index is 2.13. The van der Waals surface area contributed by atoms with Crippen LogP contribution in [0, 0.1) is 10.1 Å². The summed E-state index contributed by atoms with van der Waals surface area (Å²) in [5.74, 6) is -0.379. The van der Waals surface area contributed by atoms with Gasteiger partial charge in [0.05, 0.1) is 4.92 Å². The van der Waals surface area contributed by atoms with Crippen molar-refractivity contribution < 1.29 is 19.2 Å². The molecule has 0 saturated heterocycles. The first kappa shape index (κ1) is 20.8. The van der Waals surface area contributed by atoms with Gasteiger partial charge < -0.3 is 15.4 Å². The number of aromatic nitrogens is 1. The summed E-state index contributed by atoms with van der Waals surface area (Å²) >= 11 is 0. The summed E-state index contributed by atoms with van der Waals surface area (Å²) in [5.41, 5.74) is -0.0568. The quantitative estimate of drug-likeness (QED) is 0.581. The molecule has 9 heteroatoms. The van der Waals surface area contributed by atoms with E-state index in [-0.39, 0.29) is 17.9 Å². The van der Waals surface area contributed by atoms with Gasteiger partial charge in [0.15, 0.2) is 0 Å². The molecule has 28 heavy (non-hydrogen) atoms. The molecule has 1 aromatic carbocycles. The Bertz CT molecular complexity index is 832. The van der Waals surface area contributed by atoms with Crippen molar-refractivity contribution in [1.29, 1.82) is 0 Å². The fourth-order valence-electron chi connectivity index (χ4n) is 2.29. The van der Waals surface area contributed by atoms with E-state index >= 15 is 0 Å². The van der Waals surface area contributed by atoms with E-state index in [0.29, 0.717) is 0 Å². The number of nitro groups is 1. The third-order valence-corrected chi connectivity index (χ3v) is 3.50. The Morgan fingerprint density at radius 2 is 1.86 bits per heavy atom. The summed E-state index contributed by atoms with van der Waals surface area (Å²) in [6.45, 7) is 5.17. The summed E-state index contributed by atoms with van der Waals surface area (Å²) in [4.78, 5) is 38.8. The van der Waals surface area contributed by atoms with Crippen molar-refractivity contribution in [2.24, 2.45) is 0 Å². The van der Waals surface area contributed by atoms with E-state index in [4.69, 9.17) is 4.74 Å². The van der Waals surface area contributed by atoms with Crippen molar-refractivity contribution in [1.82, 2.24) is 10.3 Å². The van der Waals surface area contributed by atoms with Gasteiger partial charge in [0.2, 0.25) is 5.91 Å². The second kappa shape index (κ2) is 8.94. The van der Waals surface area contributed by atoms with Crippen LogP contribution in [0.1, 0.15) is 26.3 Å². The summed E-state index contributed by atoms with van der Waals surface area (Å²) in [7, 11) is 0. The maximum absolute atomic E-state index is 12.7. The van der Waals surface area contributed by atoms with E-state index < -0.39 is 28.6 Å². The third kappa shape index (κ3) is 6.67. The van der Waals surface area contributed by atoms with Gasteiger partial charge in [-0.25, -0.2) is 9.78 Å². The van der Waals surface area contributed by atoms with Gasteiger partial charge in [-0.15, -0.1) is 0 Å². The molecule has 2 aromatic rings. The lowest BCUT2D eigenvalue weighted by Gasteiger charge is -2.23. The van der Waals surface area contributed by atoms with Gasteiger partial charge in [0, 0.05) is 12.5 Å². The molecule has 148 valence electrons. The highest BCUT2D eigenvalue weighted by Crippen LogP contribution is 2.13. The number of benzene rings is 1. The highest BCUT2D eigenvalue weighted by Gasteiger charge is 2.25. The second-order valence-electron chi connectivity index (χ2n) is 7.04. The second-order valence-corrected chi connectivity index (χ2v) is 7.04. The lowest BCUT2D eigenvalue weighted by atomic mass is 10.1. The van der Waals surface area contributed by atoms with Crippen LogP contribution in [0.15, 0.2) is 48.7 Å². The van der Waals surface area contributed by atoms with Crippen molar-refractivity contribution in [2.45, 2.75) is 38.8 Å². The molecule has 0 aliphatic rings. The zero-order valence-corrected chi connectivity index (χ0v) is 15.8. The van der Waals surface area contributed by atoms with Crippen LogP contribution in [0.25, 0.3) is 0 Å². The molecule has 0 spiro atoms. The zero-order valence-electron chi connectivity index (χ0n) is 15.8. The fraction of sp³-hybridized carbons (Fsp3) is 0.316. The number of ether oxygens (including phenoxy) is 1. The smallest absolute Gasteiger partial charge is 0.408 e. The molecule has 1 unspecified atom stereocenters. The van der Waals surface area contributed by atoms with E-state index in [1.807, 2.05) is 30.3 Å². The standard InChI is InChI=1S/C19H22N4O5/c1-19(2,3)28-18(25)21-15(11-13-7-5-4-6-8-13)17(24)22-16-10-9-14(12-20-16)23(26)27/h4-10,12,15H,11H2,1-3H3,(H,21,25)(H,20,22,24). The lowest BCUT2D eigenvalue weighted by Crippen LogP contribution is -2.47. The average Bonchev–Trinajstić information content (AvgIpc) is 2.61. The van der Waals surface area contributed by atoms with E-state index in [2.05, 4.69) is 15.6 Å². The van der Waals surface area contributed by atoms with Gasteiger partial charge >= 0.3 is 6.09 Å². The molecule has 9 nitrogen and oxygen atoms in total. The van der Waals surface area contributed by atoms with Crippen LogP contribution in [0.5, 0.6) is 0 Å². The van der Waals surface area contributed by atoms with E-state index in [0.717, 1.165) is 11.8 Å². The van der Waals surface area contributed by atoms with E-state index in [1.165, 1.54) is 12.1 Å². The minimum absolute atomic E-state index is 0.139. The molecule has 0 aliphatic heterocycles. The number of hydrogen-bond donors (Lipinski definition) is 2. The molecule has 1 heterocycles. The Hall–Kier alpha value is -3.49. The molecule has 2 rings (SSSR count). The van der Waals surface area contributed by atoms with Gasteiger partial charge in [-0.1, -0.05) is 30.3 Å². The molecular weight excluding hydrogens is 364 g/mol. The Labute approximate surface area is 162 Å². The maximum atomic E-state index is 12.7. The molecule has 1 aromatic heterocycles. The van der Waals surface area contributed by atoms with Gasteiger partial charge in [-0.3, -0.25) is 14.9 Å². The summed E-state index contributed by atoms with van der Waals surface area (Å²) < 4.78 is 5.23. The van der Waals surface area contributed by atoms with Crippen LogP contribution in [-0.2, 0) is 16.0 Å². The van der Waals surface area contributed by atoms with Gasteiger partial charge in [0.1, 0.15) is 23.7 Å². The molecular formula is C19H22N4O5. The highest BCUT2D eigenvalue weighted by atomic mass is 16.6. The van der Waals surface area contributed by atoms with Crippen molar-refractivity contribution in [3.05, 3.63) is 64.3 Å². The first-order valence-corrected chi connectivity index (χ1v) is 8.59. The monoisotopic (exact) mass is 386 g/mol. The number of anilines is 1. The maximum Gasteiger partial charge on any atom is 0.408 e. The number of carbonyl (C=O) groups is 2. The first-order chi connectivity index (χ1) is 13.1. The number of nitrogens with zero attached hydrogens (tertiary/aromatic N) is 2. The number of nitrogens with one attached hydrogen (secondary N) is 2. The number of carbonyl (C=O) groups excluding carboxylic acids is 2. The molecule has 2 amide bonds. The van der Waals surface area contributed by atoms with E-state index in [1.54, 1.807) is 20.8 Å². The zero-order chi connectivity index (χ0) is 20.7. The number of pyridine rings is 1. The minimum Gasteiger partial charge on any atom is -0.444 e. The predicted octanol–water partition coefficient (Wildman–Crippen LogP) is 3.06. The summed E-state index contributed by atoms with van der Waals surface area (Å²) in [5, 5.41) is 15.8. The van der Waals surface area contributed by atoms with Crippen LogP contribution in [0.2, 0.25) is 0 Å². The van der Waals surface area contributed by atoms with Crippen molar-refractivity contribution in [3.8, 4) is 0 Å². The number of alkyl carbamates (subject to hydrolysis) is 1.